The van der Waals surface area contributed by atoms with Crippen molar-refractivity contribution in [1.29, 1.82) is 0 Å². The largest absolute Gasteiger partial charge is 0.493 e. The monoisotopic (exact) mass is 342 g/mol. The third-order valence-electron chi connectivity index (χ3n) is 4.02. The van der Waals surface area contributed by atoms with Crippen molar-refractivity contribution in [3.63, 3.8) is 0 Å². The molecule has 0 bridgehead atoms. The Kier molecular flexibility index (Phi) is 5.11. The predicted octanol–water partition coefficient (Wildman–Crippen LogP) is 2.89. The van der Waals surface area contributed by atoms with Gasteiger partial charge in [-0.15, -0.1) is 0 Å². The molecular weight excluding hydrogens is 322 g/mol. The first kappa shape index (κ1) is 18.2. The minimum atomic E-state index is -3.19. The number of alkyl halides is 2. The van der Waals surface area contributed by atoms with Crippen molar-refractivity contribution in [2.24, 2.45) is 11.3 Å². The molecule has 5 nitrogen and oxygen atoms in total. The molecule has 1 aromatic carbocycles. The van der Waals surface area contributed by atoms with Crippen LogP contribution in [0, 0.1) is 11.3 Å². The van der Waals surface area contributed by atoms with Gasteiger partial charge in [0.15, 0.2) is 22.7 Å². The molecule has 24 heavy (non-hydrogen) atoms. The van der Waals surface area contributed by atoms with Gasteiger partial charge in [-0.25, -0.2) is 8.78 Å². The van der Waals surface area contributed by atoms with Crippen LogP contribution in [0.4, 0.5) is 8.78 Å². The van der Waals surface area contributed by atoms with Gasteiger partial charge in [-0.1, -0.05) is 19.9 Å². The van der Waals surface area contributed by atoms with Crippen LogP contribution in [0.3, 0.4) is 0 Å². The topological polar surface area (TPSA) is 61.8 Å². The molecule has 7 heteroatoms. The highest BCUT2D eigenvalue weighted by Gasteiger charge is 2.60. The number of methoxy groups -OCH3 is 2. The van der Waals surface area contributed by atoms with Crippen molar-refractivity contribution in [1.82, 2.24) is 0 Å². The maximum atomic E-state index is 13.8. The summed E-state index contributed by atoms with van der Waals surface area (Å²) < 4.78 is 42.8. The number of hydrogen-bond donors (Lipinski definition) is 0. The van der Waals surface area contributed by atoms with Crippen molar-refractivity contribution in [3.8, 4) is 11.5 Å². The third-order valence-corrected chi connectivity index (χ3v) is 4.02. The minimum Gasteiger partial charge on any atom is -0.493 e. The zero-order valence-corrected chi connectivity index (χ0v) is 14.0. The Morgan fingerprint density at radius 1 is 1.25 bits per heavy atom. The number of hydrogen-bond acceptors (Lipinski definition) is 5. The van der Waals surface area contributed by atoms with Gasteiger partial charge in [0.25, 0.3) is 6.43 Å². The molecule has 0 radical (unpaired) electrons. The van der Waals surface area contributed by atoms with E-state index in [0.29, 0.717) is 5.56 Å². The maximum Gasteiger partial charge on any atom is 0.326 e. The summed E-state index contributed by atoms with van der Waals surface area (Å²) in [5.74, 6) is -1.92. The number of esters is 1. The molecular formula is C17H20F2O5. The summed E-state index contributed by atoms with van der Waals surface area (Å²) in [5.41, 5.74) is -2.25. The standard InChI is InChI=1S/C17H20F2O5/c1-9(2)8-24-16(21)17(15(18)19)7-10-5-6-11(22-3)13(23-4)12(10)14(17)20/h5-6,9,15H,7-8H2,1-4H3. The molecule has 0 aliphatic heterocycles. The molecule has 0 spiro atoms. The molecule has 1 aliphatic carbocycles. The van der Waals surface area contributed by atoms with Crippen LogP contribution in [0.25, 0.3) is 0 Å². The Morgan fingerprint density at radius 3 is 2.42 bits per heavy atom. The number of ether oxygens (including phenoxy) is 3. The van der Waals surface area contributed by atoms with Gasteiger partial charge in [0.05, 0.1) is 26.4 Å². The molecule has 0 N–H and O–H groups in total. The highest BCUT2D eigenvalue weighted by molar-refractivity contribution is 6.18. The lowest BCUT2D eigenvalue weighted by Gasteiger charge is -2.24. The fraction of sp³-hybridized carbons (Fsp3) is 0.529. The first-order valence-corrected chi connectivity index (χ1v) is 7.53. The predicted molar refractivity (Wildman–Crippen MR) is 81.8 cm³/mol. The van der Waals surface area contributed by atoms with Gasteiger partial charge >= 0.3 is 5.97 Å². The van der Waals surface area contributed by atoms with Gasteiger partial charge in [0, 0.05) is 6.42 Å². The van der Waals surface area contributed by atoms with Crippen LogP contribution in [0.2, 0.25) is 0 Å². The smallest absolute Gasteiger partial charge is 0.326 e. The molecule has 1 unspecified atom stereocenters. The molecule has 1 aromatic rings. The van der Waals surface area contributed by atoms with E-state index in [4.69, 9.17) is 14.2 Å². The van der Waals surface area contributed by atoms with E-state index < -0.39 is 30.0 Å². The fourth-order valence-electron chi connectivity index (χ4n) is 2.77. The van der Waals surface area contributed by atoms with E-state index in [0.717, 1.165) is 0 Å². The average Bonchev–Trinajstić information content (AvgIpc) is 2.85. The van der Waals surface area contributed by atoms with Gasteiger partial charge in [0.1, 0.15) is 0 Å². The molecule has 0 fully saturated rings. The Bertz CT molecular complexity index is 657. The first-order valence-electron chi connectivity index (χ1n) is 7.53. The summed E-state index contributed by atoms with van der Waals surface area (Å²) in [5, 5.41) is 0. The Balaban J connectivity index is 2.50. The lowest BCUT2D eigenvalue weighted by atomic mass is 9.84. The number of benzene rings is 1. The van der Waals surface area contributed by atoms with Gasteiger partial charge in [-0.05, 0) is 17.5 Å². The summed E-state index contributed by atoms with van der Waals surface area (Å²) in [4.78, 5) is 25.1. The highest BCUT2D eigenvalue weighted by atomic mass is 19.3. The number of carbonyl (C=O) groups is 2. The summed E-state index contributed by atoms with van der Waals surface area (Å²) >= 11 is 0. The van der Waals surface area contributed by atoms with E-state index in [-0.39, 0.29) is 29.6 Å². The molecule has 0 aromatic heterocycles. The zero-order chi connectivity index (χ0) is 18.1. The van der Waals surface area contributed by atoms with E-state index in [9.17, 15) is 18.4 Å². The van der Waals surface area contributed by atoms with Gasteiger partial charge in [-0.3, -0.25) is 9.59 Å². The Labute approximate surface area is 138 Å². The second-order valence-electron chi connectivity index (χ2n) is 6.11. The summed E-state index contributed by atoms with van der Waals surface area (Å²) in [6.07, 6.45) is -3.61. The first-order chi connectivity index (χ1) is 11.3. The summed E-state index contributed by atoms with van der Waals surface area (Å²) in [6.45, 7) is 3.53. The van der Waals surface area contributed by atoms with Crippen LogP contribution in [0.1, 0.15) is 29.8 Å². The number of Topliss-reactive ketones (excluding diaryl/α,β-unsaturated/α-hetero) is 1. The molecule has 2 rings (SSSR count). The van der Waals surface area contributed by atoms with E-state index in [1.54, 1.807) is 13.8 Å². The molecule has 1 atom stereocenters. The number of carbonyl (C=O) groups excluding carboxylic acids is 2. The average molecular weight is 342 g/mol. The second-order valence-corrected chi connectivity index (χ2v) is 6.11. The summed E-state index contributed by atoms with van der Waals surface area (Å²) in [6, 6.07) is 3.01. The quantitative estimate of drug-likeness (QED) is 0.588. The van der Waals surface area contributed by atoms with Crippen LogP contribution in [0.15, 0.2) is 12.1 Å². The van der Waals surface area contributed by atoms with Crippen molar-refractivity contribution in [3.05, 3.63) is 23.3 Å². The fourth-order valence-corrected chi connectivity index (χ4v) is 2.77. The minimum absolute atomic E-state index is 0.0304. The van der Waals surface area contributed by atoms with Crippen LogP contribution in [0.5, 0.6) is 11.5 Å². The molecule has 0 amide bonds. The highest BCUT2D eigenvalue weighted by Crippen LogP contribution is 2.48. The van der Waals surface area contributed by atoms with Crippen LogP contribution in [-0.4, -0.2) is 39.0 Å². The number of fused-ring (bicyclic) bond motifs is 1. The van der Waals surface area contributed by atoms with Crippen LogP contribution < -0.4 is 9.47 Å². The SMILES string of the molecule is COc1ccc2c(c1OC)C(=O)C(C(=O)OCC(C)C)(C(F)F)C2. The number of rotatable bonds is 6. The van der Waals surface area contributed by atoms with Crippen molar-refractivity contribution < 1.29 is 32.6 Å². The molecule has 0 heterocycles. The third kappa shape index (κ3) is 2.72. The normalized spacial score (nSPS) is 19.6. The van der Waals surface area contributed by atoms with Crippen molar-refractivity contribution >= 4 is 11.8 Å². The number of ketones is 1. The second kappa shape index (κ2) is 6.75. The molecule has 0 saturated heterocycles. The summed E-state index contributed by atoms with van der Waals surface area (Å²) in [7, 11) is 2.69. The van der Waals surface area contributed by atoms with Crippen molar-refractivity contribution in [2.75, 3.05) is 20.8 Å². The lowest BCUT2D eigenvalue weighted by molar-refractivity contribution is -0.161. The van der Waals surface area contributed by atoms with E-state index in [1.807, 2.05) is 0 Å². The van der Waals surface area contributed by atoms with Crippen LogP contribution >= 0.6 is 0 Å². The molecule has 0 saturated carbocycles. The van der Waals surface area contributed by atoms with E-state index in [1.165, 1.54) is 26.4 Å². The van der Waals surface area contributed by atoms with Crippen molar-refractivity contribution in [2.45, 2.75) is 26.7 Å². The van der Waals surface area contributed by atoms with Gasteiger partial charge in [0.2, 0.25) is 0 Å². The van der Waals surface area contributed by atoms with E-state index in [2.05, 4.69) is 0 Å². The van der Waals surface area contributed by atoms with Gasteiger partial charge < -0.3 is 14.2 Å². The Hall–Kier alpha value is -2.18. The Morgan fingerprint density at radius 2 is 1.92 bits per heavy atom. The molecule has 1 aliphatic rings. The lowest BCUT2D eigenvalue weighted by Crippen LogP contribution is -2.45. The maximum absolute atomic E-state index is 13.8. The number of halogens is 2. The van der Waals surface area contributed by atoms with Crippen LogP contribution in [-0.2, 0) is 16.0 Å². The molecule has 132 valence electrons. The van der Waals surface area contributed by atoms with Gasteiger partial charge in [-0.2, -0.15) is 0 Å². The zero-order valence-electron chi connectivity index (χ0n) is 14.0. The van der Waals surface area contributed by atoms with E-state index >= 15 is 0 Å².